The predicted octanol–water partition coefficient (Wildman–Crippen LogP) is 2.86. The van der Waals surface area contributed by atoms with Crippen LogP contribution in [0.3, 0.4) is 0 Å². The van der Waals surface area contributed by atoms with Crippen molar-refractivity contribution in [3.63, 3.8) is 0 Å². The Balaban J connectivity index is 1.95. The van der Waals surface area contributed by atoms with Crippen molar-refractivity contribution in [2.75, 3.05) is 6.54 Å². The van der Waals surface area contributed by atoms with Gasteiger partial charge < -0.3 is 5.32 Å². The molecule has 0 aliphatic heterocycles. The van der Waals surface area contributed by atoms with Crippen LogP contribution in [0.4, 0.5) is 0 Å². The van der Waals surface area contributed by atoms with Gasteiger partial charge in [0.1, 0.15) is 0 Å². The lowest BCUT2D eigenvalue weighted by Crippen LogP contribution is -2.31. The highest BCUT2D eigenvalue weighted by molar-refractivity contribution is 7.10. The van der Waals surface area contributed by atoms with Crippen LogP contribution in [0.5, 0.6) is 0 Å². The van der Waals surface area contributed by atoms with E-state index in [0.29, 0.717) is 6.42 Å². The third-order valence-electron chi connectivity index (χ3n) is 2.92. The van der Waals surface area contributed by atoms with Crippen molar-refractivity contribution in [3.8, 4) is 0 Å². The summed E-state index contributed by atoms with van der Waals surface area (Å²) < 4.78 is 0. The molecule has 1 aromatic rings. The topological polar surface area (TPSA) is 29.1 Å². The molecule has 0 spiro atoms. The molecule has 0 amide bonds. The van der Waals surface area contributed by atoms with Crippen LogP contribution in [0.2, 0.25) is 0 Å². The molecule has 0 bridgehead atoms. The van der Waals surface area contributed by atoms with Crippen LogP contribution in [-0.2, 0) is 10.2 Å². The van der Waals surface area contributed by atoms with E-state index in [1.807, 2.05) is 0 Å². The number of rotatable bonds is 4. The van der Waals surface area contributed by atoms with Gasteiger partial charge in [0.15, 0.2) is 5.78 Å². The van der Waals surface area contributed by atoms with Crippen LogP contribution in [-0.4, -0.2) is 12.3 Å². The number of thiophene rings is 1. The highest BCUT2D eigenvalue weighted by Crippen LogP contribution is 2.27. The van der Waals surface area contributed by atoms with E-state index in [9.17, 15) is 4.79 Å². The first-order valence-corrected chi connectivity index (χ1v) is 6.47. The van der Waals surface area contributed by atoms with Crippen LogP contribution in [0.15, 0.2) is 29.3 Å². The molecule has 1 aromatic heterocycles. The number of allylic oxidation sites excluding steroid dienone is 2. The molecule has 0 fully saturated rings. The highest BCUT2D eigenvalue weighted by atomic mass is 32.1. The maximum Gasteiger partial charge on any atom is 0.157 e. The van der Waals surface area contributed by atoms with Crippen LogP contribution in [0.1, 0.15) is 31.6 Å². The first kappa shape index (κ1) is 11.4. The summed E-state index contributed by atoms with van der Waals surface area (Å²) in [6.45, 7) is 5.33. The van der Waals surface area contributed by atoms with Crippen molar-refractivity contribution in [2.45, 2.75) is 32.1 Å². The normalized spacial score (nSPS) is 16.4. The van der Waals surface area contributed by atoms with Gasteiger partial charge in [-0.2, -0.15) is 0 Å². The molecule has 1 aliphatic rings. The average molecular weight is 235 g/mol. The fourth-order valence-corrected chi connectivity index (χ4v) is 2.67. The third kappa shape index (κ3) is 2.53. The van der Waals surface area contributed by atoms with Crippen LogP contribution < -0.4 is 5.32 Å². The van der Waals surface area contributed by atoms with Crippen molar-refractivity contribution in [3.05, 3.63) is 34.2 Å². The number of carbonyl (C=O) groups excluding carboxylic acids is 1. The van der Waals surface area contributed by atoms with Crippen LogP contribution in [0, 0.1) is 0 Å². The Morgan fingerprint density at radius 2 is 2.25 bits per heavy atom. The first-order chi connectivity index (χ1) is 7.58. The SMILES string of the molecule is CC(C)(CNC1=CC(=O)CC1)c1cccs1. The lowest BCUT2D eigenvalue weighted by molar-refractivity contribution is -0.114. The van der Waals surface area contributed by atoms with Crippen molar-refractivity contribution < 1.29 is 4.79 Å². The van der Waals surface area contributed by atoms with Gasteiger partial charge in [-0.25, -0.2) is 0 Å². The van der Waals surface area contributed by atoms with E-state index in [1.165, 1.54) is 4.88 Å². The zero-order chi connectivity index (χ0) is 11.6. The maximum atomic E-state index is 11.1. The van der Waals surface area contributed by atoms with E-state index < -0.39 is 0 Å². The summed E-state index contributed by atoms with van der Waals surface area (Å²) in [5.74, 6) is 0.247. The summed E-state index contributed by atoms with van der Waals surface area (Å²) >= 11 is 1.79. The molecule has 0 unspecified atom stereocenters. The Labute approximate surface area is 100 Å². The fourth-order valence-electron chi connectivity index (χ4n) is 1.82. The molecule has 0 saturated carbocycles. The van der Waals surface area contributed by atoms with Gasteiger partial charge >= 0.3 is 0 Å². The minimum Gasteiger partial charge on any atom is -0.387 e. The molecule has 0 radical (unpaired) electrons. The number of hydrogen-bond acceptors (Lipinski definition) is 3. The molecule has 0 aromatic carbocycles. The Morgan fingerprint density at radius 3 is 2.81 bits per heavy atom. The zero-order valence-electron chi connectivity index (χ0n) is 9.75. The monoisotopic (exact) mass is 235 g/mol. The van der Waals surface area contributed by atoms with Gasteiger partial charge in [0, 0.05) is 35.0 Å². The smallest absolute Gasteiger partial charge is 0.157 e. The quantitative estimate of drug-likeness (QED) is 0.869. The molecule has 1 heterocycles. The Bertz CT molecular complexity index is 404. The van der Waals surface area contributed by atoms with Gasteiger partial charge in [-0.05, 0) is 17.9 Å². The molecule has 3 heteroatoms. The number of ketones is 1. The maximum absolute atomic E-state index is 11.1. The van der Waals surface area contributed by atoms with Crippen LogP contribution >= 0.6 is 11.3 Å². The average Bonchev–Trinajstić information content (AvgIpc) is 2.85. The first-order valence-electron chi connectivity index (χ1n) is 5.59. The molecule has 0 atom stereocenters. The van der Waals surface area contributed by atoms with Crippen LogP contribution in [0.25, 0.3) is 0 Å². The van der Waals surface area contributed by atoms with Gasteiger partial charge in [-0.15, -0.1) is 11.3 Å². The summed E-state index contributed by atoms with van der Waals surface area (Å²) in [6.07, 6.45) is 3.28. The molecule has 2 rings (SSSR count). The Morgan fingerprint density at radius 1 is 1.44 bits per heavy atom. The second kappa shape index (κ2) is 4.42. The van der Waals surface area contributed by atoms with Crippen molar-refractivity contribution in [1.82, 2.24) is 5.32 Å². The minimum absolute atomic E-state index is 0.126. The van der Waals surface area contributed by atoms with Gasteiger partial charge in [0.05, 0.1) is 0 Å². The number of hydrogen-bond donors (Lipinski definition) is 1. The lowest BCUT2D eigenvalue weighted by atomic mass is 9.91. The van der Waals surface area contributed by atoms with Gasteiger partial charge in [0.2, 0.25) is 0 Å². The predicted molar refractivity (Wildman–Crippen MR) is 67.7 cm³/mol. The fraction of sp³-hybridized carbons (Fsp3) is 0.462. The van der Waals surface area contributed by atoms with E-state index in [4.69, 9.17) is 0 Å². The van der Waals surface area contributed by atoms with Gasteiger partial charge in [-0.1, -0.05) is 19.9 Å². The summed E-state index contributed by atoms with van der Waals surface area (Å²) in [5.41, 5.74) is 1.22. The van der Waals surface area contributed by atoms with Gasteiger partial charge in [-0.3, -0.25) is 4.79 Å². The van der Waals surface area contributed by atoms with E-state index in [-0.39, 0.29) is 11.2 Å². The second-order valence-corrected chi connectivity index (χ2v) is 5.80. The molecule has 16 heavy (non-hydrogen) atoms. The molecular weight excluding hydrogens is 218 g/mol. The Hall–Kier alpha value is -1.09. The minimum atomic E-state index is 0.126. The summed E-state index contributed by atoms with van der Waals surface area (Å²) in [5, 5.41) is 5.49. The molecule has 1 N–H and O–H groups in total. The third-order valence-corrected chi connectivity index (χ3v) is 4.16. The molecule has 0 saturated heterocycles. The summed E-state index contributed by atoms with van der Waals surface area (Å²) in [6, 6.07) is 4.25. The molecule has 1 aliphatic carbocycles. The Kier molecular flexibility index (Phi) is 3.15. The molecular formula is C13H17NOS. The van der Waals surface area contributed by atoms with E-state index in [1.54, 1.807) is 17.4 Å². The largest absolute Gasteiger partial charge is 0.387 e. The molecule has 2 nitrogen and oxygen atoms in total. The summed E-state index contributed by atoms with van der Waals surface area (Å²) in [4.78, 5) is 12.5. The number of nitrogens with one attached hydrogen (secondary N) is 1. The van der Waals surface area contributed by atoms with Crippen molar-refractivity contribution in [2.24, 2.45) is 0 Å². The summed E-state index contributed by atoms with van der Waals surface area (Å²) in [7, 11) is 0. The van der Waals surface area contributed by atoms with Gasteiger partial charge in [0.25, 0.3) is 0 Å². The van der Waals surface area contributed by atoms with Crippen molar-refractivity contribution in [1.29, 1.82) is 0 Å². The highest BCUT2D eigenvalue weighted by Gasteiger charge is 2.22. The zero-order valence-corrected chi connectivity index (χ0v) is 10.6. The number of carbonyl (C=O) groups is 1. The van der Waals surface area contributed by atoms with E-state index >= 15 is 0 Å². The van der Waals surface area contributed by atoms with E-state index in [2.05, 4.69) is 36.7 Å². The lowest BCUT2D eigenvalue weighted by Gasteiger charge is -2.24. The van der Waals surface area contributed by atoms with E-state index in [0.717, 1.165) is 18.7 Å². The second-order valence-electron chi connectivity index (χ2n) is 4.85. The molecule has 86 valence electrons. The standard InChI is InChI=1S/C13H17NOS/c1-13(2,12-4-3-7-16-12)9-14-10-5-6-11(15)8-10/h3-4,7-8,14H,5-6,9H2,1-2H3. The van der Waals surface area contributed by atoms with Crippen molar-refractivity contribution >= 4 is 17.1 Å².